The molecule has 2 nitrogen and oxygen atoms in total. The van der Waals surface area contributed by atoms with Gasteiger partial charge in [0.15, 0.2) is 0 Å². The third kappa shape index (κ3) is 3.47. The van der Waals surface area contributed by atoms with Crippen LogP contribution in [0.5, 0.6) is 0 Å². The molecule has 0 aliphatic carbocycles. The second kappa shape index (κ2) is 5.83. The average Bonchev–Trinajstić information content (AvgIpc) is 3.05. The Balaban J connectivity index is 1.57. The van der Waals surface area contributed by atoms with Gasteiger partial charge in [0.2, 0.25) is 0 Å². The van der Waals surface area contributed by atoms with Crippen molar-refractivity contribution in [3.63, 3.8) is 0 Å². The van der Waals surface area contributed by atoms with Gasteiger partial charge < -0.3 is 9.47 Å². The minimum absolute atomic E-state index is 0.338. The Labute approximate surface area is 96.9 Å². The molecule has 1 aliphatic rings. The Hall–Kier alpha value is -1.12. The van der Waals surface area contributed by atoms with Crippen LogP contribution in [0.25, 0.3) is 0 Å². The molecule has 1 saturated heterocycles. The first-order valence-electron chi connectivity index (χ1n) is 5.80. The fraction of sp³-hybridized carbons (Fsp3) is 0.429. The maximum atomic E-state index is 5.59. The van der Waals surface area contributed by atoms with E-state index in [1.54, 1.807) is 0 Å². The molecule has 0 radical (unpaired) electrons. The van der Waals surface area contributed by atoms with E-state index in [4.69, 9.17) is 9.47 Å². The lowest BCUT2D eigenvalue weighted by Gasteiger charge is -2.02. The Morgan fingerprint density at radius 3 is 2.88 bits per heavy atom. The van der Waals surface area contributed by atoms with Gasteiger partial charge in [-0.2, -0.15) is 0 Å². The maximum Gasteiger partial charge on any atom is 0.102 e. The number of epoxide rings is 1. The van der Waals surface area contributed by atoms with Crippen LogP contribution in [0, 0.1) is 0 Å². The molecule has 2 atom stereocenters. The summed E-state index contributed by atoms with van der Waals surface area (Å²) in [5.74, 6) is 0. The zero-order chi connectivity index (χ0) is 11.2. The Morgan fingerprint density at radius 2 is 2.12 bits per heavy atom. The molecule has 1 heterocycles. The van der Waals surface area contributed by atoms with Crippen molar-refractivity contribution in [3.8, 4) is 0 Å². The summed E-state index contributed by atoms with van der Waals surface area (Å²) in [4.78, 5) is 0. The van der Waals surface area contributed by atoms with E-state index in [9.17, 15) is 0 Å². The van der Waals surface area contributed by atoms with Crippen LogP contribution in [0.15, 0.2) is 42.5 Å². The maximum absolute atomic E-state index is 5.59. The van der Waals surface area contributed by atoms with E-state index in [2.05, 4.69) is 18.2 Å². The van der Waals surface area contributed by atoms with Gasteiger partial charge in [-0.1, -0.05) is 42.5 Å². The average molecular weight is 218 g/mol. The lowest BCUT2D eigenvalue weighted by molar-refractivity contribution is 0.113. The van der Waals surface area contributed by atoms with Gasteiger partial charge in [-0.15, -0.1) is 0 Å². The molecule has 1 aromatic carbocycles. The van der Waals surface area contributed by atoms with Gasteiger partial charge in [0.25, 0.3) is 0 Å². The van der Waals surface area contributed by atoms with E-state index in [0.717, 1.165) is 13.0 Å². The third-order valence-corrected chi connectivity index (χ3v) is 2.66. The van der Waals surface area contributed by atoms with Crippen LogP contribution in [0.1, 0.15) is 18.9 Å². The summed E-state index contributed by atoms with van der Waals surface area (Å²) in [5.41, 5.74) is 1.23. The summed E-state index contributed by atoms with van der Waals surface area (Å²) in [6.07, 6.45) is 5.84. The van der Waals surface area contributed by atoms with Gasteiger partial charge in [0.05, 0.1) is 12.7 Å². The fourth-order valence-corrected chi connectivity index (χ4v) is 1.71. The minimum Gasteiger partial charge on any atom is -0.377 e. The first-order valence-corrected chi connectivity index (χ1v) is 5.80. The van der Waals surface area contributed by atoms with E-state index in [-0.39, 0.29) is 0 Å². The summed E-state index contributed by atoms with van der Waals surface area (Å²) >= 11 is 0. The monoisotopic (exact) mass is 218 g/mol. The first kappa shape index (κ1) is 11.4. The normalized spacial score (nSPS) is 23.8. The number of rotatable bonds is 6. The Morgan fingerprint density at radius 1 is 1.31 bits per heavy atom. The van der Waals surface area contributed by atoms with Gasteiger partial charge in [-0.3, -0.25) is 0 Å². The molecule has 2 rings (SSSR count). The standard InChI is InChI=1S/C14H18O2/c1-2-6-13-14(16-13)9-10-15-11-12-7-4-3-5-8-12/h2-8,13-14H,9-11H2,1H3/b6-2+/t13-,14-/m1/s1. The van der Waals surface area contributed by atoms with Gasteiger partial charge in [0, 0.05) is 6.61 Å². The van der Waals surface area contributed by atoms with Crippen LogP contribution in [0.3, 0.4) is 0 Å². The molecule has 0 amide bonds. The van der Waals surface area contributed by atoms with Crippen molar-refractivity contribution in [2.75, 3.05) is 6.61 Å². The van der Waals surface area contributed by atoms with Crippen molar-refractivity contribution in [1.29, 1.82) is 0 Å². The predicted octanol–water partition coefficient (Wildman–Crippen LogP) is 2.94. The molecule has 16 heavy (non-hydrogen) atoms. The summed E-state index contributed by atoms with van der Waals surface area (Å²) in [5, 5.41) is 0. The van der Waals surface area contributed by atoms with E-state index < -0.39 is 0 Å². The number of benzene rings is 1. The third-order valence-electron chi connectivity index (χ3n) is 2.66. The van der Waals surface area contributed by atoms with Crippen LogP contribution in [-0.2, 0) is 16.1 Å². The molecule has 0 N–H and O–H groups in total. The van der Waals surface area contributed by atoms with Crippen LogP contribution in [-0.4, -0.2) is 18.8 Å². The molecule has 1 aliphatic heterocycles. The second-order valence-electron chi connectivity index (χ2n) is 3.99. The number of hydrogen-bond donors (Lipinski definition) is 0. The molecule has 1 fully saturated rings. The molecule has 0 bridgehead atoms. The summed E-state index contributed by atoms with van der Waals surface area (Å²) in [7, 11) is 0. The molecule has 0 unspecified atom stereocenters. The van der Waals surface area contributed by atoms with Gasteiger partial charge >= 0.3 is 0 Å². The van der Waals surface area contributed by atoms with Crippen molar-refractivity contribution < 1.29 is 9.47 Å². The van der Waals surface area contributed by atoms with E-state index in [1.165, 1.54) is 5.56 Å². The highest BCUT2D eigenvalue weighted by molar-refractivity contribution is 5.13. The molecule has 1 aromatic rings. The zero-order valence-electron chi connectivity index (χ0n) is 9.63. The Kier molecular flexibility index (Phi) is 4.14. The van der Waals surface area contributed by atoms with Crippen molar-refractivity contribution in [2.45, 2.75) is 32.2 Å². The fourth-order valence-electron chi connectivity index (χ4n) is 1.71. The van der Waals surface area contributed by atoms with Crippen LogP contribution < -0.4 is 0 Å². The van der Waals surface area contributed by atoms with Crippen LogP contribution >= 0.6 is 0 Å². The summed E-state index contributed by atoms with van der Waals surface area (Å²) in [6, 6.07) is 10.2. The molecular formula is C14H18O2. The van der Waals surface area contributed by atoms with Gasteiger partial charge in [-0.05, 0) is 18.9 Å². The van der Waals surface area contributed by atoms with Crippen molar-refractivity contribution >= 4 is 0 Å². The Bertz CT molecular complexity index is 332. The predicted molar refractivity (Wildman–Crippen MR) is 64.2 cm³/mol. The molecular weight excluding hydrogens is 200 g/mol. The highest BCUT2D eigenvalue weighted by Crippen LogP contribution is 2.26. The van der Waals surface area contributed by atoms with Gasteiger partial charge in [0.1, 0.15) is 6.10 Å². The first-order chi connectivity index (χ1) is 7.90. The lowest BCUT2D eigenvalue weighted by atomic mass is 10.2. The highest BCUT2D eigenvalue weighted by Gasteiger charge is 2.35. The molecule has 2 heteroatoms. The number of hydrogen-bond acceptors (Lipinski definition) is 2. The van der Waals surface area contributed by atoms with Crippen molar-refractivity contribution in [1.82, 2.24) is 0 Å². The highest BCUT2D eigenvalue weighted by atomic mass is 16.6. The second-order valence-corrected chi connectivity index (χ2v) is 3.99. The van der Waals surface area contributed by atoms with E-state index in [0.29, 0.717) is 18.8 Å². The molecule has 0 aromatic heterocycles. The minimum atomic E-state index is 0.338. The van der Waals surface area contributed by atoms with Crippen molar-refractivity contribution in [3.05, 3.63) is 48.0 Å². The number of allylic oxidation sites excluding steroid dienone is 1. The van der Waals surface area contributed by atoms with E-state index >= 15 is 0 Å². The molecule has 0 saturated carbocycles. The molecule has 0 spiro atoms. The smallest absolute Gasteiger partial charge is 0.102 e. The van der Waals surface area contributed by atoms with Crippen LogP contribution in [0.2, 0.25) is 0 Å². The summed E-state index contributed by atoms with van der Waals surface area (Å²) in [6.45, 7) is 3.49. The van der Waals surface area contributed by atoms with E-state index in [1.807, 2.05) is 31.2 Å². The topological polar surface area (TPSA) is 21.8 Å². The lowest BCUT2D eigenvalue weighted by Crippen LogP contribution is -2.00. The zero-order valence-corrected chi connectivity index (χ0v) is 9.63. The number of ether oxygens (including phenoxy) is 2. The van der Waals surface area contributed by atoms with Gasteiger partial charge in [-0.25, -0.2) is 0 Å². The largest absolute Gasteiger partial charge is 0.377 e. The van der Waals surface area contributed by atoms with Crippen molar-refractivity contribution in [2.24, 2.45) is 0 Å². The SMILES string of the molecule is C/C=C/[C@H]1O[C@@H]1CCOCc1ccccc1. The quantitative estimate of drug-likeness (QED) is 0.416. The summed E-state index contributed by atoms with van der Waals surface area (Å²) < 4.78 is 11.0. The van der Waals surface area contributed by atoms with Crippen LogP contribution in [0.4, 0.5) is 0 Å². The molecule has 86 valence electrons.